The number of ether oxygens (including phenoxy) is 1. The van der Waals surface area contributed by atoms with Crippen LogP contribution in [0.2, 0.25) is 0 Å². The third-order valence-corrected chi connectivity index (χ3v) is 6.31. The normalized spacial score (nSPS) is 20.0. The molecule has 4 rings (SSSR count). The number of carbonyl (C=O) groups is 1. The Morgan fingerprint density at radius 2 is 1.64 bits per heavy atom. The van der Waals surface area contributed by atoms with E-state index in [4.69, 9.17) is 4.74 Å². The van der Waals surface area contributed by atoms with Gasteiger partial charge in [0.1, 0.15) is 6.04 Å². The summed E-state index contributed by atoms with van der Waals surface area (Å²) >= 11 is 0. The van der Waals surface area contributed by atoms with Gasteiger partial charge < -0.3 is 4.74 Å². The van der Waals surface area contributed by atoms with E-state index in [1.54, 1.807) is 0 Å². The van der Waals surface area contributed by atoms with E-state index < -0.39 is 0 Å². The summed E-state index contributed by atoms with van der Waals surface area (Å²) in [7, 11) is 0. The molecule has 3 heteroatoms. The van der Waals surface area contributed by atoms with Gasteiger partial charge in [-0.2, -0.15) is 0 Å². The lowest BCUT2D eigenvalue weighted by atomic mass is 10.0. The van der Waals surface area contributed by atoms with Crippen LogP contribution < -0.4 is 0 Å². The highest BCUT2D eigenvalue weighted by molar-refractivity contribution is 5.75. The summed E-state index contributed by atoms with van der Waals surface area (Å²) in [5.41, 5.74) is 2.62. The third kappa shape index (κ3) is 9.39. The average Bonchev–Trinajstić information content (AvgIpc) is 2.87. The molecule has 3 nitrogen and oxygen atoms in total. The topological polar surface area (TPSA) is 29.5 Å². The Labute approximate surface area is 200 Å². The largest absolute Gasteiger partial charge is 0.465 e. The lowest BCUT2D eigenvalue weighted by Crippen LogP contribution is -2.46. The number of benzene rings is 2. The third-order valence-electron chi connectivity index (χ3n) is 6.31. The number of piperidine rings is 1. The van der Waals surface area contributed by atoms with Crippen molar-refractivity contribution in [3.05, 3.63) is 96.1 Å². The van der Waals surface area contributed by atoms with Crippen LogP contribution in [-0.4, -0.2) is 36.6 Å². The number of aryl methyl sites for hydroxylation is 1. The highest BCUT2D eigenvalue weighted by Crippen LogP contribution is 2.19. The monoisotopic (exact) mass is 445 g/mol. The fourth-order valence-corrected chi connectivity index (χ4v) is 4.34. The SMILES string of the molecule is CC1C=CC=CC1.O=C(OCCCc1ccccc1)[C@@H]1CCCCN1CCc1ccccc1. The second kappa shape index (κ2) is 14.5. The van der Waals surface area contributed by atoms with Gasteiger partial charge in [-0.1, -0.05) is 98.3 Å². The first kappa shape index (κ1) is 25.0. The highest BCUT2D eigenvalue weighted by atomic mass is 16.5. The van der Waals surface area contributed by atoms with Crippen LogP contribution in [-0.2, 0) is 22.4 Å². The van der Waals surface area contributed by atoms with Gasteiger partial charge in [-0.25, -0.2) is 0 Å². The van der Waals surface area contributed by atoms with Crippen LogP contribution in [0.4, 0.5) is 0 Å². The first-order valence-electron chi connectivity index (χ1n) is 12.5. The Kier molecular flexibility index (Phi) is 11.0. The zero-order valence-electron chi connectivity index (χ0n) is 20.1. The van der Waals surface area contributed by atoms with Crippen LogP contribution in [0, 0.1) is 5.92 Å². The fourth-order valence-electron chi connectivity index (χ4n) is 4.34. The zero-order valence-corrected chi connectivity index (χ0v) is 20.1. The molecule has 2 aliphatic rings. The molecule has 1 saturated heterocycles. The predicted octanol–water partition coefficient (Wildman–Crippen LogP) is 6.40. The Morgan fingerprint density at radius 1 is 0.939 bits per heavy atom. The maximum atomic E-state index is 12.6. The molecule has 0 bridgehead atoms. The molecule has 33 heavy (non-hydrogen) atoms. The molecule has 2 aromatic carbocycles. The van der Waals surface area contributed by atoms with Gasteiger partial charge in [-0.05, 0) is 62.1 Å². The first-order chi connectivity index (χ1) is 16.2. The molecule has 0 amide bonds. The van der Waals surface area contributed by atoms with Crippen LogP contribution in [0.25, 0.3) is 0 Å². The number of allylic oxidation sites excluding steroid dienone is 4. The number of carbonyl (C=O) groups excluding carboxylic acids is 1. The van der Waals surface area contributed by atoms with Crippen molar-refractivity contribution < 1.29 is 9.53 Å². The second-order valence-corrected chi connectivity index (χ2v) is 9.07. The molecule has 1 heterocycles. The fraction of sp³-hybridized carbons (Fsp3) is 0.433. The molecule has 176 valence electrons. The molecule has 1 aliphatic carbocycles. The summed E-state index contributed by atoms with van der Waals surface area (Å²) in [6, 6.07) is 20.8. The molecule has 0 N–H and O–H groups in total. The van der Waals surface area contributed by atoms with E-state index >= 15 is 0 Å². The molecule has 2 atom stereocenters. The van der Waals surface area contributed by atoms with Gasteiger partial charge in [0.05, 0.1) is 6.61 Å². The summed E-state index contributed by atoms with van der Waals surface area (Å²) in [5, 5.41) is 0. The molecule has 1 aliphatic heterocycles. The van der Waals surface area contributed by atoms with Crippen LogP contribution in [0.5, 0.6) is 0 Å². The lowest BCUT2D eigenvalue weighted by molar-refractivity contribution is -0.151. The maximum Gasteiger partial charge on any atom is 0.323 e. The van der Waals surface area contributed by atoms with E-state index in [-0.39, 0.29) is 12.0 Å². The van der Waals surface area contributed by atoms with Gasteiger partial charge in [-0.3, -0.25) is 9.69 Å². The van der Waals surface area contributed by atoms with E-state index in [0.717, 1.165) is 51.1 Å². The van der Waals surface area contributed by atoms with Crippen molar-refractivity contribution in [1.29, 1.82) is 0 Å². The smallest absolute Gasteiger partial charge is 0.323 e. The number of likely N-dealkylation sites (tertiary alicyclic amines) is 1. The summed E-state index contributed by atoms with van der Waals surface area (Å²) in [6.07, 6.45) is 15.9. The Bertz CT molecular complexity index is 859. The van der Waals surface area contributed by atoms with Crippen LogP contribution in [0.3, 0.4) is 0 Å². The molecule has 1 fully saturated rings. The minimum Gasteiger partial charge on any atom is -0.465 e. The summed E-state index contributed by atoms with van der Waals surface area (Å²) in [4.78, 5) is 14.9. The Balaban J connectivity index is 0.000000374. The van der Waals surface area contributed by atoms with Crippen LogP contribution in [0.15, 0.2) is 85.0 Å². The summed E-state index contributed by atoms with van der Waals surface area (Å²) in [6.45, 7) is 4.65. The van der Waals surface area contributed by atoms with Crippen molar-refractivity contribution >= 4 is 5.97 Å². The molecule has 1 unspecified atom stereocenters. The minimum absolute atomic E-state index is 0.0363. The average molecular weight is 446 g/mol. The quantitative estimate of drug-likeness (QED) is 0.348. The standard InChI is InChI=1S/C23H29NO2.C7H10/c25-23(26-19-9-14-20-10-3-1-4-11-20)22-15-7-8-17-24(22)18-16-21-12-5-2-6-13-21;1-7-5-3-2-4-6-7/h1-6,10-13,22H,7-9,14-19H2;2-5,7H,6H2,1H3/t22-;/m0./s1. The highest BCUT2D eigenvalue weighted by Gasteiger charge is 2.29. The minimum atomic E-state index is -0.0656. The van der Waals surface area contributed by atoms with Gasteiger partial charge in [-0.15, -0.1) is 0 Å². The van der Waals surface area contributed by atoms with E-state index in [2.05, 4.69) is 72.5 Å². The van der Waals surface area contributed by atoms with Crippen molar-refractivity contribution in [2.24, 2.45) is 5.92 Å². The first-order valence-corrected chi connectivity index (χ1v) is 12.5. The zero-order chi connectivity index (χ0) is 23.1. The summed E-state index contributed by atoms with van der Waals surface area (Å²) in [5.74, 6) is 0.732. The number of hydrogen-bond donors (Lipinski definition) is 0. The van der Waals surface area contributed by atoms with E-state index in [1.165, 1.54) is 24.0 Å². The molecule has 0 radical (unpaired) electrons. The maximum absolute atomic E-state index is 12.6. The summed E-state index contributed by atoms with van der Waals surface area (Å²) < 4.78 is 5.60. The van der Waals surface area contributed by atoms with Crippen LogP contribution >= 0.6 is 0 Å². The molecule has 0 spiro atoms. The predicted molar refractivity (Wildman–Crippen MR) is 137 cm³/mol. The van der Waals surface area contributed by atoms with Gasteiger partial charge in [0, 0.05) is 6.54 Å². The number of hydrogen-bond acceptors (Lipinski definition) is 3. The van der Waals surface area contributed by atoms with E-state index in [9.17, 15) is 4.79 Å². The van der Waals surface area contributed by atoms with Gasteiger partial charge >= 0.3 is 5.97 Å². The molecular formula is C30H39NO2. The van der Waals surface area contributed by atoms with Crippen molar-refractivity contribution in [3.63, 3.8) is 0 Å². The van der Waals surface area contributed by atoms with Crippen LogP contribution in [0.1, 0.15) is 50.2 Å². The number of nitrogens with zero attached hydrogens (tertiary/aromatic N) is 1. The van der Waals surface area contributed by atoms with E-state index in [1.807, 2.05) is 24.3 Å². The van der Waals surface area contributed by atoms with Crippen molar-refractivity contribution in [2.75, 3.05) is 19.7 Å². The lowest BCUT2D eigenvalue weighted by Gasteiger charge is -2.34. The molecular weight excluding hydrogens is 406 g/mol. The van der Waals surface area contributed by atoms with Gasteiger partial charge in [0.15, 0.2) is 0 Å². The Morgan fingerprint density at radius 3 is 2.24 bits per heavy atom. The molecule has 2 aromatic rings. The van der Waals surface area contributed by atoms with Gasteiger partial charge in [0.25, 0.3) is 0 Å². The Hall–Kier alpha value is -2.65. The van der Waals surface area contributed by atoms with E-state index in [0.29, 0.717) is 6.61 Å². The van der Waals surface area contributed by atoms with Crippen molar-refractivity contribution in [3.8, 4) is 0 Å². The van der Waals surface area contributed by atoms with Gasteiger partial charge in [0.2, 0.25) is 0 Å². The molecule has 0 saturated carbocycles. The second-order valence-electron chi connectivity index (χ2n) is 9.07. The van der Waals surface area contributed by atoms with Crippen molar-refractivity contribution in [2.45, 2.75) is 57.9 Å². The van der Waals surface area contributed by atoms with Crippen molar-refractivity contribution in [1.82, 2.24) is 4.90 Å². The number of esters is 1. The number of rotatable bonds is 8. The molecule has 0 aromatic heterocycles.